The van der Waals surface area contributed by atoms with Gasteiger partial charge < -0.3 is 5.32 Å². The van der Waals surface area contributed by atoms with Crippen LogP contribution in [-0.4, -0.2) is 16.3 Å². The number of alkyl halides is 3. The maximum atomic E-state index is 13.0. The fourth-order valence-electron chi connectivity index (χ4n) is 1.76. The number of aryl methyl sites for hydroxylation is 1. The zero-order valence-corrected chi connectivity index (χ0v) is 10.8. The Morgan fingerprint density at radius 1 is 1.28 bits per heavy atom. The van der Waals surface area contributed by atoms with Gasteiger partial charge in [0.15, 0.2) is 0 Å². The van der Waals surface area contributed by atoms with Gasteiger partial charge in [-0.05, 0) is 19.4 Å². The number of hydrogen-bond acceptors (Lipinski definition) is 2. The molecule has 0 bridgehead atoms. The van der Waals surface area contributed by atoms with Gasteiger partial charge in [-0.2, -0.15) is 18.3 Å². The molecule has 104 valence electrons. The maximum absolute atomic E-state index is 13.0. The molecule has 0 aliphatic heterocycles. The van der Waals surface area contributed by atoms with Crippen molar-refractivity contribution >= 4 is 0 Å². The Kier molecular flexibility index (Phi) is 5.65. The molecule has 0 aliphatic carbocycles. The largest absolute Gasteiger partial charge is 0.433 e. The molecule has 0 atom stereocenters. The topological polar surface area (TPSA) is 29.9 Å². The first-order chi connectivity index (χ1) is 8.50. The lowest BCUT2D eigenvalue weighted by molar-refractivity contribution is -0.144. The third-order valence-corrected chi connectivity index (χ3v) is 2.65. The van der Waals surface area contributed by atoms with Gasteiger partial charge in [0.05, 0.1) is 6.20 Å². The van der Waals surface area contributed by atoms with Crippen molar-refractivity contribution in [3.8, 4) is 0 Å². The van der Waals surface area contributed by atoms with Gasteiger partial charge in [-0.25, -0.2) is 0 Å². The summed E-state index contributed by atoms with van der Waals surface area (Å²) in [7, 11) is 0. The number of nitrogens with zero attached hydrogens (tertiary/aromatic N) is 2. The van der Waals surface area contributed by atoms with Crippen molar-refractivity contribution in [2.45, 2.75) is 52.4 Å². The van der Waals surface area contributed by atoms with E-state index in [1.54, 1.807) is 0 Å². The average molecular weight is 263 g/mol. The molecule has 0 saturated carbocycles. The van der Waals surface area contributed by atoms with Gasteiger partial charge >= 0.3 is 6.18 Å². The van der Waals surface area contributed by atoms with Crippen molar-refractivity contribution in [2.24, 2.45) is 0 Å². The molecule has 6 heteroatoms. The predicted molar refractivity (Wildman–Crippen MR) is 64.1 cm³/mol. The molecule has 0 fully saturated rings. The zero-order chi connectivity index (χ0) is 13.6. The molecule has 0 aliphatic rings. The first-order valence-corrected chi connectivity index (χ1v) is 6.33. The van der Waals surface area contributed by atoms with Gasteiger partial charge in [-0.15, -0.1) is 0 Å². The second-order valence-electron chi connectivity index (χ2n) is 4.27. The molecular weight excluding hydrogens is 243 g/mol. The molecule has 1 heterocycles. The minimum Gasteiger partial charge on any atom is -0.313 e. The van der Waals surface area contributed by atoms with Gasteiger partial charge in [0.25, 0.3) is 0 Å². The zero-order valence-electron chi connectivity index (χ0n) is 10.8. The Bertz CT molecular complexity index is 358. The standard InChI is InChI=1S/C12H20F3N3/c1-3-5-7-18-11(12(13,14)15)10(9-17-18)8-16-6-4-2/h9,16H,3-8H2,1-2H3. The van der Waals surface area contributed by atoms with Crippen LogP contribution >= 0.6 is 0 Å². The lowest BCUT2D eigenvalue weighted by Gasteiger charge is -2.12. The number of aromatic nitrogens is 2. The lowest BCUT2D eigenvalue weighted by Crippen LogP contribution is -2.20. The van der Waals surface area contributed by atoms with Crippen LogP contribution in [0.25, 0.3) is 0 Å². The van der Waals surface area contributed by atoms with E-state index < -0.39 is 11.9 Å². The molecule has 1 aromatic heterocycles. The summed E-state index contributed by atoms with van der Waals surface area (Å²) in [5, 5.41) is 6.84. The number of nitrogens with one attached hydrogen (secondary N) is 1. The molecule has 0 aromatic carbocycles. The average Bonchev–Trinajstić information content (AvgIpc) is 2.69. The molecule has 1 N–H and O–H groups in total. The molecule has 0 unspecified atom stereocenters. The first kappa shape index (κ1) is 15.0. The van der Waals surface area contributed by atoms with Crippen molar-refractivity contribution in [1.29, 1.82) is 0 Å². The molecule has 1 aromatic rings. The number of unbranched alkanes of at least 4 members (excludes halogenated alkanes) is 1. The van der Waals surface area contributed by atoms with Crippen LogP contribution in [0.4, 0.5) is 13.2 Å². The van der Waals surface area contributed by atoms with E-state index >= 15 is 0 Å². The predicted octanol–water partition coefficient (Wildman–Crippen LogP) is 3.20. The highest BCUT2D eigenvalue weighted by Crippen LogP contribution is 2.32. The normalized spacial score (nSPS) is 12.1. The fourth-order valence-corrected chi connectivity index (χ4v) is 1.76. The van der Waals surface area contributed by atoms with Crippen LogP contribution < -0.4 is 5.32 Å². The Hall–Kier alpha value is -1.04. The number of hydrogen-bond donors (Lipinski definition) is 1. The van der Waals surface area contributed by atoms with E-state index in [2.05, 4.69) is 10.4 Å². The van der Waals surface area contributed by atoms with Crippen LogP contribution in [0.15, 0.2) is 6.20 Å². The van der Waals surface area contributed by atoms with Gasteiger partial charge in [-0.3, -0.25) is 4.68 Å². The second kappa shape index (κ2) is 6.78. The molecule has 0 amide bonds. The summed E-state index contributed by atoms with van der Waals surface area (Å²) < 4.78 is 40.0. The number of rotatable bonds is 7. The molecule has 0 radical (unpaired) electrons. The van der Waals surface area contributed by atoms with E-state index in [0.717, 1.165) is 17.5 Å². The molecular formula is C12H20F3N3. The Balaban J connectivity index is 2.86. The van der Waals surface area contributed by atoms with E-state index in [0.29, 0.717) is 19.5 Å². The Morgan fingerprint density at radius 2 is 2.00 bits per heavy atom. The first-order valence-electron chi connectivity index (χ1n) is 6.33. The number of halogens is 3. The van der Waals surface area contributed by atoms with E-state index in [9.17, 15) is 13.2 Å². The third kappa shape index (κ3) is 4.01. The lowest BCUT2D eigenvalue weighted by atomic mass is 10.2. The van der Waals surface area contributed by atoms with Crippen LogP contribution in [0.5, 0.6) is 0 Å². The summed E-state index contributed by atoms with van der Waals surface area (Å²) in [4.78, 5) is 0. The third-order valence-electron chi connectivity index (χ3n) is 2.65. The molecule has 1 rings (SSSR count). The molecule has 0 saturated heterocycles. The molecule has 18 heavy (non-hydrogen) atoms. The van der Waals surface area contributed by atoms with Crippen LogP contribution in [-0.2, 0) is 19.3 Å². The summed E-state index contributed by atoms with van der Waals surface area (Å²) in [6.45, 7) is 5.16. The highest BCUT2D eigenvalue weighted by atomic mass is 19.4. The van der Waals surface area contributed by atoms with E-state index in [1.807, 2.05) is 13.8 Å². The van der Waals surface area contributed by atoms with Crippen LogP contribution in [0.1, 0.15) is 44.4 Å². The van der Waals surface area contributed by atoms with Gasteiger partial charge in [0, 0.05) is 18.7 Å². The maximum Gasteiger partial charge on any atom is 0.433 e. The van der Waals surface area contributed by atoms with Gasteiger partial charge in [0.1, 0.15) is 5.69 Å². The summed E-state index contributed by atoms with van der Waals surface area (Å²) in [6.07, 6.45) is -0.576. The Morgan fingerprint density at radius 3 is 2.56 bits per heavy atom. The highest BCUT2D eigenvalue weighted by Gasteiger charge is 2.37. The van der Waals surface area contributed by atoms with Crippen molar-refractivity contribution in [1.82, 2.24) is 15.1 Å². The molecule has 3 nitrogen and oxygen atoms in total. The van der Waals surface area contributed by atoms with Crippen molar-refractivity contribution in [2.75, 3.05) is 6.54 Å². The fraction of sp³-hybridized carbons (Fsp3) is 0.750. The van der Waals surface area contributed by atoms with E-state index in [1.165, 1.54) is 6.20 Å². The van der Waals surface area contributed by atoms with Gasteiger partial charge in [0.2, 0.25) is 0 Å². The van der Waals surface area contributed by atoms with Crippen molar-refractivity contribution in [3.63, 3.8) is 0 Å². The summed E-state index contributed by atoms with van der Waals surface area (Å²) in [6, 6.07) is 0. The highest BCUT2D eigenvalue weighted by molar-refractivity contribution is 5.20. The van der Waals surface area contributed by atoms with Crippen LogP contribution in [0.3, 0.4) is 0 Å². The van der Waals surface area contributed by atoms with Crippen LogP contribution in [0, 0.1) is 0 Å². The second-order valence-corrected chi connectivity index (χ2v) is 4.27. The summed E-state index contributed by atoms with van der Waals surface area (Å²) >= 11 is 0. The van der Waals surface area contributed by atoms with E-state index in [4.69, 9.17) is 0 Å². The van der Waals surface area contributed by atoms with E-state index in [-0.39, 0.29) is 12.1 Å². The summed E-state index contributed by atoms with van der Waals surface area (Å²) in [5.41, 5.74) is -0.383. The minimum atomic E-state index is -4.34. The quantitative estimate of drug-likeness (QED) is 0.766. The smallest absolute Gasteiger partial charge is 0.313 e. The van der Waals surface area contributed by atoms with Crippen molar-refractivity contribution in [3.05, 3.63) is 17.5 Å². The molecule has 0 spiro atoms. The SMILES string of the molecule is CCCCn1ncc(CNCCC)c1C(F)(F)F. The summed E-state index contributed by atoms with van der Waals surface area (Å²) in [5.74, 6) is 0. The van der Waals surface area contributed by atoms with Crippen LogP contribution in [0.2, 0.25) is 0 Å². The monoisotopic (exact) mass is 263 g/mol. The minimum absolute atomic E-state index is 0.217. The van der Waals surface area contributed by atoms with Crippen molar-refractivity contribution < 1.29 is 13.2 Å². The Labute approximate surface area is 105 Å². The van der Waals surface area contributed by atoms with Gasteiger partial charge in [-0.1, -0.05) is 20.3 Å².